The molecule has 1 aromatic rings. The van der Waals surface area contributed by atoms with Gasteiger partial charge in [-0.05, 0) is 64.3 Å². The van der Waals surface area contributed by atoms with Crippen molar-refractivity contribution in [3.05, 3.63) is 18.0 Å². The largest absolute Gasteiger partial charge is 0.311 e. The van der Waals surface area contributed by atoms with Gasteiger partial charge in [0.05, 0.1) is 5.69 Å². The predicted molar refractivity (Wildman–Crippen MR) is 79.1 cm³/mol. The number of hydrogen-bond acceptors (Lipinski definition) is 3. The van der Waals surface area contributed by atoms with Gasteiger partial charge in [-0.3, -0.25) is 4.68 Å². The summed E-state index contributed by atoms with van der Waals surface area (Å²) in [5, 5.41) is 7.81. The summed E-state index contributed by atoms with van der Waals surface area (Å²) in [5.41, 5.74) is 1.29. The lowest BCUT2D eigenvalue weighted by molar-refractivity contribution is 0.190. The van der Waals surface area contributed by atoms with Crippen molar-refractivity contribution in [3.8, 4) is 0 Å². The van der Waals surface area contributed by atoms with Crippen LogP contribution in [0.25, 0.3) is 0 Å². The standard InChI is InChI=1S/C15H28N4/c1-3-19-15(5-9-17-19)13-16-8-4-10-18-11-6-14(2)7-12-18/h5,9,14,16H,3-4,6-8,10-13H2,1-2H3. The minimum Gasteiger partial charge on any atom is -0.311 e. The van der Waals surface area contributed by atoms with Gasteiger partial charge in [-0.25, -0.2) is 0 Å². The molecule has 0 spiro atoms. The molecule has 0 amide bonds. The fraction of sp³-hybridized carbons (Fsp3) is 0.800. The Morgan fingerprint density at radius 1 is 1.37 bits per heavy atom. The van der Waals surface area contributed by atoms with Crippen LogP contribution < -0.4 is 5.32 Å². The molecule has 1 saturated heterocycles. The van der Waals surface area contributed by atoms with Gasteiger partial charge in [-0.15, -0.1) is 0 Å². The average Bonchev–Trinajstić information content (AvgIpc) is 2.88. The summed E-state index contributed by atoms with van der Waals surface area (Å²) in [4.78, 5) is 2.61. The van der Waals surface area contributed by atoms with E-state index in [1.54, 1.807) is 0 Å². The Bertz CT molecular complexity index is 353. The first-order valence-corrected chi connectivity index (χ1v) is 7.73. The maximum Gasteiger partial charge on any atom is 0.0521 e. The Hall–Kier alpha value is -0.870. The molecular formula is C15H28N4. The van der Waals surface area contributed by atoms with E-state index in [9.17, 15) is 0 Å². The maximum absolute atomic E-state index is 4.28. The lowest BCUT2D eigenvalue weighted by Gasteiger charge is -2.30. The zero-order valence-corrected chi connectivity index (χ0v) is 12.4. The van der Waals surface area contributed by atoms with Crippen LogP contribution in [0.4, 0.5) is 0 Å². The number of hydrogen-bond donors (Lipinski definition) is 1. The van der Waals surface area contributed by atoms with Crippen LogP contribution in [0.2, 0.25) is 0 Å². The zero-order valence-electron chi connectivity index (χ0n) is 12.4. The van der Waals surface area contributed by atoms with E-state index in [0.717, 1.165) is 25.6 Å². The number of aryl methyl sites for hydroxylation is 1. The highest BCUT2D eigenvalue weighted by molar-refractivity contribution is 4.99. The summed E-state index contributed by atoms with van der Waals surface area (Å²) in [7, 11) is 0. The summed E-state index contributed by atoms with van der Waals surface area (Å²) in [5.74, 6) is 0.934. The second-order valence-electron chi connectivity index (χ2n) is 5.69. The van der Waals surface area contributed by atoms with Gasteiger partial charge in [0, 0.05) is 19.3 Å². The summed E-state index contributed by atoms with van der Waals surface area (Å²) in [6, 6.07) is 2.10. The molecule has 0 saturated carbocycles. The molecule has 4 nitrogen and oxygen atoms in total. The zero-order chi connectivity index (χ0) is 13.5. The SMILES string of the molecule is CCn1nccc1CNCCCN1CCC(C)CC1. The molecule has 1 aliphatic heterocycles. The van der Waals surface area contributed by atoms with Crippen molar-refractivity contribution in [2.24, 2.45) is 5.92 Å². The van der Waals surface area contributed by atoms with Crippen molar-refractivity contribution in [1.29, 1.82) is 0 Å². The Balaban J connectivity index is 1.55. The smallest absolute Gasteiger partial charge is 0.0521 e. The summed E-state index contributed by atoms with van der Waals surface area (Å²) in [6.45, 7) is 11.3. The molecule has 1 fully saturated rings. The summed E-state index contributed by atoms with van der Waals surface area (Å²) < 4.78 is 2.05. The average molecular weight is 264 g/mol. The molecule has 1 N–H and O–H groups in total. The third kappa shape index (κ3) is 4.62. The number of aromatic nitrogens is 2. The molecule has 0 aliphatic carbocycles. The van der Waals surface area contributed by atoms with E-state index >= 15 is 0 Å². The molecule has 1 aliphatic rings. The van der Waals surface area contributed by atoms with Gasteiger partial charge in [0.2, 0.25) is 0 Å². The molecule has 2 heterocycles. The Kier molecular flexibility index (Phi) is 5.86. The molecule has 4 heteroatoms. The van der Waals surface area contributed by atoms with Gasteiger partial charge < -0.3 is 10.2 Å². The van der Waals surface area contributed by atoms with E-state index in [1.165, 1.54) is 44.6 Å². The van der Waals surface area contributed by atoms with Crippen LogP contribution in [0.15, 0.2) is 12.3 Å². The highest BCUT2D eigenvalue weighted by atomic mass is 15.3. The van der Waals surface area contributed by atoms with Gasteiger partial charge >= 0.3 is 0 Å². The fourth-order valence-corrected chi connectivity index (χ4v) is 2.72. The second kappa shape index (κ2) is 7.65. The number of rotatable bonds is 7. The van der Waals surface area contributed by atoms with E-state index in [2.05, 4.69) is 39.9 Å². The van der Waals surface area contributed by atoms with Crippen molar-refractivity contribution in [3.63, 3.8) is 0 Å². The second-order valence-corrected chi connectivity index (χ2v) is 5.69. The first-order chi connectivity index (χ1) is 9.29. The van der Waals surface area contributed by atoms with E-state index < -0.39 is 0 Å². The molecule has 0 aromatic carbocycles. The van der Waals surface area contributed by atoms with Crippen molar-refractivity contribution < 1.29 is 0 Å². The van der Waals surface area contributed by atoms with Crippen LogP contribution in [0.1, 0.15) is 38.8 Å². The Morgan fingerprint density at radius 2 is 2.16 bits per heavy atom. The third-order valence-electron chi connectivity index (χ3n) is 4.11. The van der Waals surface area contributed by atoms with Gasteiger partial charge in [0.1, 0.15) is 0 Å². The molecule has 1 aromatic heterocycles. The van der Waals surface area contributed by atoms with Crippen LogP contribution in [-0.2, 0) is 13.1 Å². The van der Waals surface area contributed by atoms with Crippen LogP contribution >= 0.6 is 0 Å². The quantitative estimate of drug-likeness (QED) is 0.766. The molecule has 0 atom stereocenters. The van der Waals surface area contributed by atoms with E-state index in [1.807, 2.05) is 6.20 Å². The molecule has 0 unspecified atom stereocenters. The molecular weight excluding hydrogens is 236 g/mol. The monoisotopic (exact) mass is 264 g/mol. The van der Waals surface area contributed by atoms with E-state index in [0.29, 0.717) is 0 Å². The summed E-state index contributed by atoms with van der Waals surface area (Å²) in [6.07, 6.45) is 5.89. The van der Waals surface area contributed by atoms with Crippen LogP contribution in [0.5, 0.6) is 0 Å². The highest BCUT2D eigenvalue weighted by Gasteiger charge is 2.14. The normalized spacial score (nSPS) is 18.0. The number of likely N-dealkylation sites (tertiary alicyclic amines) is 1. The van der Waals surface area contributed by atoms with Gasteiger partial charge in [0.25, 0.3) is 0 Å². The van der Waals surface area contributed by atoms with Gasteiger partial charge in [0.15, 0.2) is 0 Å². The fourth-order valence-electron chi connectivity index (χ4n) is 2.72. The van der Waals surface area contributed by atoms with Crippen molar-refractivity contribution in [1.82, 2.24) is 20.0 Å². The summed E-state index contributed by atoms with van der Waals surface area (Å²) >= 11 is 0. The lowest BCUT2D eigenvalue weighted by Crippen LogP contribution is -2.34. The maximum atomic E-state index is 4.28. The van der Waals surface area contributed by atoms with Gasteiger partial charge in [-0.2, -0.15) is 5.10 Å². The van der Waals surface area contributed by atoms with Crippen LogP contribution in [0, 0.1) is 5.92 Å². The Morgan fingerprint density at radius 3 is 2.89 bits per heavy atom. The van der Waals surface area contributed by atoms with E-state index in [-0.39, 0.29) is 0 Å². The van der Waals surface area contributed by atoms with Crippen LogP contribution in [-0.4, -0.2) is 40.9 Å². The molecule has 0 radical (unpaired) electrons. The molecule has 108 valence electrons. The molecule has 2 rings (SSSR count). The number of nitrogens with zero attached hydrogens (tertiary/aromatic N) is 3. The van der Waals surface area contributed by atoms with Crippen molar-refractivity contribution in [2.45, 2.75) is 46.2 Å². The predicted octanol–water partition coefficient (Wildman–Crippen LogP) is 2.11. The molecule has 19 heavy (non-hydrogen) atoms. The molecule has 0 bridgehead atoms. The van der Waals surface area contributed by atoms with Crippen molar-refractivity contribution >= 4 is 0 Å². The first-order valence-electron chi connectivity index (χ1n) is 7.73. The van der Waals surface area contributed by atoms with Gasteiger partial charge in [-0.1, -0.05) is 6.92 Å². The van der Waals surface area contributed by atoms with E-state index in [4.69, 9.17) is 0 Å². The minimum absolute atomic E-state index is 0.934. The number of nitrogens with one attached hydrogen (secondary N) is 1. The Labute approximate surface area is 117 Å². The number of piperidine rings is 1. The van der Waals surface area contributed by atoms with Crippen LogP contribution in [0.3, 0.4) is 0 Å². The lowest BCUT2D eigenvalue weighted by atomic mass is 9.99. The first kappa shape index (κ1) is 14.5. The minimum atomic E-state index is 0.934. The van der Waals surface area contributed by atoms with Crippen molar-refractivity contribution in [2.75, 3.05) is 26.2 Å². The topological polar surface area (TPSA) is 33.1 Å². The highest BCUT2D eigenvalue weighted by Crippen LogP contribution is 2.15. The third-order valence-corrected chi connectivity index (χ3v) is 4.11.